The van der Waals surface area contributed by atoms with Gasteiger partial charge in [-0.05, 0) is 113 Å². The highest BCUT2D eigenvalue weighted by Crippen LogP contribution is 2.62. The molecule has 0 radical (unpaired) electrons. The molecule has 0 bridgehead atoms. The Morgan fingerprint density at radius 2 is 0.723 bits per heavy atom. The molecule has 1 nitrogen and oxygen atoms in total. The second kappa shape index (κ2) is 14.7. The lowest BCUT2D eigenvalue weighted by molar-refractivity contribution is 0.768. The van der Waals surface area contributed by atoms with Crippen LogP contribution < -0.4 is 4.90 Å². The minimum atomic E-state index is -0.603. The van der Waals surface area contributed by atoms with E-state index in [1.165, 1.54) is 88.3 Å². The van der Waals surface area contributed by atoms with Crippen molar-refractivity contribution in [3.63, 3.8) is 0 Å². The summed E-state index contributed by atoms with van der Waals surface area (Å²) in [5.41, 5.74) is 17.5. The standard InChI is InChI=1S/C64H43N/c1-6-23-45(24-7-1)63(46-25-8-2-9-26-46)56-37-21-20-34-52(56)53-40-39-50(42-58(53)63)65(49-31-14-5-15-32-49)60-43-59-62(55-36-19-18-35-54(55)60)61-51-33-17-16-22-44(51)38-41-57(61)64(59,47-27-10-3-11-28-47)48-29-12-4-13-30-48/h1-43H. The van der Waals surface area contributed by atoms with Crippen molar-refractivity contribution in [3.8, 4) is 22.3 Å². The zero-order chi connectivity index (χ0) is 43.0. The third kappa shape index (κ3) is 5.27. The Balaban J connectivity index is 1.16. The predicted molar refractivity (Wildman–Crippen MR) is 271 cm³/mol. The van der Waals surface area contributed by atoms with Crippen LogP contribution in [-0.4, -0.2) is 0 Å². The van der Waals surface area contributed by atoms with Gasteiger partial charge in [-0.15, -0.1) is 0 Å². The molecule has 0 N–H and O–H groups in total. The molecule has 11 aromatic rings. The lowest BCUT2D eigenvalue weighted by Gasteiger charge is -2.36. The van der Waals surface area contributed by atoms with Crippen LogP contribution in [0, 0.1) is 0 Å². The fourth-order valence-corrected chi connectivity index (χ4v) is 11.8. The van der Waals surface area contributed by atoms with Crippen molar-refractivity contribution >= 4 is 38.6 Å². The SMILES string of the molecule is c1ccc(N(c2ccc3c(c2)C(c2ccccc2)(c2ccccc2)c2ccccc2-3)c2cc3c(c4ccccc24)-c2c(ccc4ccccc24)C3(c2ccccc2)c2ccccc2)cc1. The van der Waals surface area contributed by atoms with E-state index in [0.717, 1.165) is 17.1 Å². The minimum absolute atomic E-state index is 0.536. The van der Waals surface area contributed by atoms with Gasteiger partial charge in [-0.25, -0.2) is 0 Å². The summed E-state index contributed by atoms with van der Waals surface area (Å²) >= 11 is 0. The van der Waals surface area contributed by atoms with E-state index in [-0.39, 0.29) is 0 Å². The maximum Gasteiger partial charge on any atom is 0.0714 e. The molecule has 11 aromatic carbocycles. The van der Waals surface area contributed by atoms with E-state index in [4.69, 9.17) is 0 Å². The van der Waals surface area contributed by atoms with E-state index in [0.29, 0.717) is 0 Å². The summed E-state index contributed by atoms with van der Waals surface area (Å²) in [5.74, 6) is 0. The van der Waals surface area contributed by atoms with E-state index in [1.54, 1.807) is 0 Å². The maximum absolute atomic E-state index is 2.54. The first-order valence-electron chi connectivity index (χ1n) is 22.7. The Hall–Kier alpha value is -8.26. The Bertz CT molecular complexity index is 3500. The smallest absolute Gasteiger partial charge is 0.0714 e. The number of para-hydroxylation sites is 1. The molecule has 0 amide bonds. The lowest BCUT2D eigenvalue weighted by Crippen LogP contribution is -2.29. The van der Waals surface area contributed by atoms with E-state index in [2.05, 4.69) is 266 Å². The molecule has 0 unspecified atom stereocenters. The van der Waals surface area contributed by atoms with Crippen LogP contribution >= 0.6 is 0 Å². The number of benzene rings is 11. The van der Waals surface area contributed by atoms with Gasteiger partial charge in [0.25, 0.3) is 0 Å². The number of rotatable bonds is 7. The van der Waals surface area contributed by atoms with Crippen LogP contribution in [0.5, 0.6) is 0 Å². The van der Waals surface area contributed by atoms with Crippen molar-refractivity contribution in [2.24, 2.45) is 0 Å². The van der Waals surface area contributed by atoms with Gasteiger partial charge < -0.3 is 4.90 Å². The van der Waals surface area contributed by atoms with Gasteiger partial charge in [-0.3, -0.25) is 0 Å². The molecule has 0 aromatic heterocycles. The molecule has 0 heterocycles. The van der Waals surface area contributed by atoms with E-state index < -0.39 is 10.8 Å². The summed E-state index contributed by atoms with van der Waals surface area (Å²) in [6.45, 7) is 0. The topological polar surface area (TPSA) is 3.24 Å². The van der Waals surface area contributed by atoms with E-state index in [9.17, 15) is 0 Å². The first-order valence-corrected chi connectivity index (χ1v) is 22.7. The average molecular weight is 826 g/mol. The van der Waals surface area contributed by atoms with Gasteiger partial charge in [0.05, 0.1) is 16.5 Å². The highest BCUT2D eigenvalue weighted by atomic mass is 15.1. The third-order valence-corrected chi connectivity index (χ3v) is 14.4. The Kier molecular flexibility index (Phi) is 8.41. The van der Waals surface area contributed by atoms with Crippen LogP contribution in [0.25, 0.3) is 43.8 Å². The van der Waals surface area contributed by atoms with Gasteiger partial charge in [-0.1, -0.05) is 231 Å². The average Bonchev–Trinajstić information content (AvgIpc) is 3.86. The summed E-state index contributed by atoms with van der Waals surface area (Å²) < 4.78 is 0. The van der Waals surface area contributed by atoms with Crippen LogP contribution in [0.1, 0.15) is 44.5 Å². The van der Waals surface area contributed by atoms with E-state index >= 15 is 0 Å². The van der Waals surface area contributed by atoms with Crippen molar-refractivity contribution in [1.29, 1.82) is 0 Å². The molecule has 0 aliphatic heterocycles. The summed E-state index contributed by atoms with van der Waals surface area (Å²) in [4.78, 5) is 2.52. The quantitative estimate of drug-likeness (QED) is 0.155. The van der Waals surface area contributed by atoms with Gasteiger partial charge >= 0.3 is 0 Å². The summed E-state index contributed by atoms with van der Waals surface area (Å²) in [5, 5.41) is 4.96. The molecule has 0 fully saturated rings. The van der Waals surface area contributed by atoms with Gasteiger partial charge in [0.2, 0.25) is 0 Å². The van der Waals surface area contributed by atoms with Gasteiger partial charge in [0.1, 0.15) is 0 Å². The Morgan fingerprint density at radius 1 is 0.262 bits per heavy atom. The second-order valence-electron chi connectivity index (χ2n) is 17.5. The van der Waals surface area contributed by atoms with Crippen molar-refractivity contribution in [1.82, 2.24) is 0 Å². The fraction of sp³-hybridized carbons (Fsp3) is 0.0312. The van der Waals surface area contributed by atoms with Crippen molar-refractivity contribution in [2.75, 3.05) is 4.90 Å². The highest BCUT2D eigenvalue weighted by molar-refractivity contribution is 6.16. The summed E-state index contributed by atoms with van der Waals surface area (Å²) in [7, 11) is 0. The van der Waals surface area contributed by atoms with Crippen LogP contribution in [-0.2, 0) is 10.8 Å². The molecule has 2 aliphatic carbocycles. The minimum Gasteiger partial charge on any atom is -0.310 e. The maximum atomic E-state index is 2.54. The molecule has 0 spiro atoms. The van der Waals surface area contributed by atoms with Gasteiger partial charge in [0, 0.05) is 16.8 Å². The van der Waals surface area contributed by atoms with Crippen LogP contribution in [0.2, 0.25) is 0 Å². The highest BCUT2D eigenvalue weighted by Gasteiger charge is 2.49. The number of fused-ring (bicyclic) bond motifs is 10. The molecule has 0 atom stereocenters. The molecule has 1 heteroatoms. The zero-order valence-corrected chi connectivity index (χ0v) is 35.8. The van der Waals surface area contributed by atoms with Crippen LogP contribution in [0.3, 0.4) is 0 Å². The first kappa shape index (κ1) is 37.3. The fourth-order valence-electron chi connectivity index (χ4n) is 11.8. The van der Waals surface area contributed by atoms with E-state index in [1.807, 2.05) is 0 Å². The number of hydrogen-bond donors (Lipinski definition) is 0. The molecule has 2 aliphatic rings. The molecular formula is C64H43N. The van der Waals surface area contributed by atoms with Gasteiger partial charge in [0.15, 0.2) is 0 Å². The second-order valence-corrected chi connectivity index (χ2v) is 17.5. The number of anilines is 3. The molecule has 65 heavy (non-hydrogen) atoms. The molecule has 0 saturated carbocycles. The third-order valence-electron chi connectivity index (χ3n) is 14.4. The van der Waals surface area contributed by atoms with Crippen molar-refractivity contribution in [2.45, 2.75) is 10.8 Å². The normalized spacial score (nSPS) is 13.8. The number of nitrogens with zero attached hydrogens (tertiary/aromatic N) is 1. The molecule has 13 rings (SSSR count). The zero-order valence-electron chi connectivity index (χ0n) is 35.8. The van der Waals surface area contributed by atoms with Crippen molar-refractivity contribution < 1.29 is 0 Å². The molecule has 0 saturated heterocycles. The Morgan fingerprint density at radius 3 is 1.34 bits per heavy atom. The first-order chi connectivity index (χ1) is 32.3. The van der Waals surface area contributed by atoms with Crippen LogP contribution in [0.15, 0.2) is 261 Å². The van der Waals surface area contributed by atoms with Crippen LogP contribution in [0.4, 0.5) is 17.1 Å². The molecular weight excluding hydrogens is 783 g/mol. The largest absolute Gasteiger partial charge is 0.310 e. The number of hydrogen-bond acceptors (Lipinski definition) is 1. The van der Waals surface area contributed by atoms with Crippen molar-refractivity contribution in [3.05, 3.63) is 305 Å². The summed E-state index contributed by atoms with van der Waals surface area (Å²) in [6, 6.07) is 97.2. The Labute approximate surface area is 380 Å². The molecule has 304 valence electrons. The van der Waals surface area contributed by atoms with Gasteiger partial charge in [-0.2, -0.15) is 0 Å². The lowest BCUT2D eigenvalue weighted by atomic mass is 9.67. The summed E-state index contributed by atoms with van der Waals surface area (Å²) in [6.07, 6.45) is 0. The monoisotopic (exact) mass is 825 g/mol. The predicted octanol–water partition coefficient (Wildman–Crippen LogP) is 16.2.